The summed E-state index contributed by atoms with van der Waals surface area (Å²) in [5.74, 6) is 0.222. The maximum atomic E-state index is 11.6. The Balaban J connectivity index is 1.79. The second-order valence-electron chi connectivity index (χ2n) is 4.90. The van der Waals surface area contributed by atoms with E-state index < -0.39 is 9.84 Å². The van der Waals surface area contributed by atoms with Gasteiger partial charge in [0.15, 0.2) is 9.84 Å². The van der Waals surface area contributed by atoms with Crippen LogP contribution in [0.4, 0.5) is 0 Å². The lowest BCUT2D eigenvalue weighted by Crippen LogP contribution is -2.28. The molecular formula is C14H16ClNO3S. The summed E-state index contributed by atoms with van der Waals surface area (Å²) in [4.78, 5) is 11.6. The monoisotopic (exact) mass is 313 g/mol. The molecule has 1 aliphatic heterocycles. The Labute approximate surface area is 123 Å². The average molecular weight is 314 g/mol. The first-order valence-electron chi connectivity index (χ1n) is 6.36. The van der Waals surface area contributed by atoms with E-state index in [4.69, 9.17) is 11.6 Å². The van der Waals surface area contributed by atoms with Gasteiger partial charge in [-0.3, -0.25) is 4.79 Å². The molecule has 1 saturated heterocycles. The normalized spacial score (nSPS) is 21.1. The molecule has 1 fully saturated rings. The second-order valence-corrected chi connectivity index (χ2v) is 7.56. The van der Waals surface area contributed by atoms with E-state index in [1.165, 1.54) is 6.08 Å². The number of sulfone groups is 1. The molecule has 0 radical (unpaired) electrons. The number of rotatable bonds is 4. The lowest BCUT2D eigenvalue weighted by atomic mass is 10.1. The molecule has 6 heteroatoms. The number of amides is 1. The molecule has 108 valence electrons. The first-order chi connectivity index (χ1) is 9.44. The van der Waals surface area contributed by atoms with Gasteiger partial charge >= 0.3 is 0 Å². The zero-order valence-corrected chi connectivity index (χ0v) is 12.5. The molecule has 1 amide bonds. The van der Waals surface area contributed by atoms with Crippen LogP contribution >= 0.6 is 11.6 Å². The number of benzene rings is 1. The molecule has 1 heterocycles. The van der Waals surface area contributed by atoms with Gasteiger partial charge in [0.1, 0.15) is 0 Å². The molecule has 4 nitrogen and oxygen atoms in total. The number of halogens is 1. The van der Waals surface area contributed by atoms with Gasteiger partial charge in [-0.2, -0.15) is 0 Å². The average Bonchev–Trinajstić information content (AvgIpc) is 2.75. The number of carbonyl (C=O) groups excluding carboxylic acids is 1. The molecule has 0 bridgehead atoms. The fraction of sp³-hybridized carbons (Fsp3) is 0.357. The molecule has 1 N–H and O–H groups in total. The summed E-state index contributed by atoms with van der Waals surface area (Å²) in [6.07, 6.45) is 3.76. The third-order valence-electron chi connectivity index (χ3n) is 3.19. The summed E-state index contributed by atoms with van der Waals surface area (Å²) >= 11 is 5.77. The van der Waals surface area contributed by atoms with Crippen LogP contribution in [0.5, 0.6) is 0 Å². The highest BCUT2D eigenvalue weighted by Gasteiger charge is 2.27. The maximum absolute atomic E-state index is 11.6. The van der Waals surface area contributed by atoms with Crippen LogP contribution in [-0.2, 0) is 14.6 Å². The van der Waals surface area contributed by atoms with E-state index in [-0.39, 0.29) is 23.3 Å². The van der Waals surface area contributed by atoms with Gasteiger partial charge < -0.3 is 5.32 Å². The molecule has 1 aliphatic rings. The van der Waals surface area contributed by atoms with E-state index in [0.717, 1.165) is 5.56 Å². The Morgan fingerprint density at radius 1 is 1.35 bits per heavy atom. The van der Waals surface area contributed by atoms with Crippen molar-refractivity contribution in [3.8, 4) is 0 Å². The predicted octanol–water partition coefficient (Wildman–Crippen LogP) is 1.90. The highest BCUT2D eigenvalue weighted by molar-refractivity contribution is 7.91. The van der Waals surface area contributed by atoms with Crippen LogP contribution in [-0.4, -0.2) is 32.4 Å². The Hall–Kier alpha value is -1.33. The smallest absolute Gasteiger partial charge is 0.244 e. The zero-order chi connectivity index (χ0) is 14.6. The molecule has 0 spiro atoms. The second kappa shape index (κ2) is 6.41. The number of carbonyl (C=O) groups is 1. The van der Waals surface area contributed by atoms with Crippen molar-refractivity contribution in [1.29, 1.82) is 0 Å². The Bertz CT molecular complexity index is 608. The molecule has 1 aromatic carbocycles. The molecule has 2 rings (SSSR count). The third kappa shape index (κ3) is 4.65. The minimum absolute atomic E-state index is 0.0351. The Morgan fingerprint density at radius 3 is 2.65 bits per heavy atom. The molecule has 20 heavy (non-hydrogen) atoms. The Kier molecular flexibility index (Phi) is 4.83. The van der Waals surface area contributed by atoms with Gasteiger partial charge in [0, 0.05) is 17.6 Å². The van der Waals surface area contributed by atoms with Crippen LogP contribution in [0.3, 0.4) is 0 Å². The minimum Gasteiger partial charge on any atom is -0.352 e. The predicted molar refractivity (Wildman–Crippen MR) is 80.3 cm³/mol. The van der Waals surface area contributed by atoms with E-state index in [0.29, 0.717) is 18.0 Å². The van der Waals surface area contributed by atoms with Crippen molar-refractivity contribution in [3.05, 3.63) is 40.9 Å². The lowest BCUT2D eigenvalue weighted by molar-refractivity contribution is -0.116. The van der Waals surface area contributed by atoms with E-state index in [2.05, 4.69) is 5.32 Å². The molecular weight excluding hydrogens is 298 g/mol. The van der Waals surface area contributed by atoms with Gasteiger partial charge in [-0.05, 0) is 36.1 Å². The van der Waals surface area contributed by atoms with Crippen molar-refractivity contribution in [2.24, 2.45) is 5.92 Å². The van der Waals surface area contributed by atoms with Crippen molar-refractivity contribution in [3.63, 3.8) is 0 Å². The van der Waals surface area contributed by atoms with Gasteiger partial charge in [0.05, 0.1) is 11.5 Å². The summed E-state index contributed by atoms with van der Waals surface area (Å²) in [5, 5.41) is 3.38. The topological polar surface area (TPSA) is 63.2 Å². The fourth-order valence-corrected chi connectivity index (χ4v) is 4.07. The Morgan fingerprint density at radius 2 is 2.05 bits per heavy atom. The van der Waals surface area contributed by atoms with E-state index in [1.807, 2.05) is 12.1 Å². The third-order valence-corrected chi connectivity index (χ3v) is 5.28. The molecule has 1 unspecified atom stereocenters. The van der Waals surface area contributed by atoms with Crippen molar-refractivity contribution in [2.45, 2.75) is 6.42 Å². The summed E-state index contributed by atoms with van der Waals surface area (Å²) in [6, 6.07) is 7.14. The summed E-state index contributed by atoms with van der Waals surface area (Å²) < 4.78 is 22.6. The number of nitrogens with one attached hydrogen (secondary N) is 1. The molecule has 1 atom stereocenters. The standard InChI is InChI=1S/C14H16ClNO3S/c15-13-4-1-11(2-5-13)3-6-14(17)16-9-12-7-8-20(18,19)10-12/h1-6,12H,7-10H2,(H,16,17)/b6-3+. The van der Waals surface area contributed by atoms with E-state index in [9.17, 15) is 13.2 Å². The van der Waals surface area contributed by atoms with Gasteiger partial charge in [-0.15, -0.1) is 0 Å². The van der Waals surface area contributed by atoms with Crippen LogP contribution in [0, 0.1) is 5.92 Å². The van der Waals surface area contributed by atoms with Gasteiger partial charge in [-0.1, -0.05) is 23.7 Å². The molecule has 0 saturated carbocycles. The molecule has 1 aromatic rings. The van der Waals surface area contributed by atoms with Gasteiger partial charge in [0.2, 0.25) is 5.91 Å². The molecule has 0 aliphatic carbocycles. The van der Waals surface area contributed by atoms with Crippen molar-refractivity contribution >= 4 is 33.4 Å². The highest BCUT2D eigenvalue weighted by Crippen LogP contribution is 2.17. The zero-order valence-electron chi connectivity index (χ0n) is 10.9. The van der Waals surface area contributed by atoms with Crippen molar-refractivity contribution in [2.75, 3.05) is 18.1 Å². The van der Waals surface area contributed by atoms with Crippen LogP contribution in [0.1, 0.15) is 12.0 Å². The van der Waals surface area contributed by atoms with Crippen LogP contribution < -0.4 is 5.32 Å². The number of hydrogen-bond donors (Lipinski definition) is 1. The fourth-order valence-electron chi connectivity index (χ4n) is 2.08. The SMILES string of the molecule is O=C(/C=C/c1ccc(Cl)cc1)NCC1CCS(=O)(=O)C1. The maximum Gasteiger partial charge on any atom is 0.244 e. The minimum atomic E-state index is -2.88. The quantitative estimate of drug-likeness (QED) is 0.864. The van der Waals surface area contributed by atoms with Gasteiger partial charge in [-0.25, -0.2) is 8.42 Å². The summed E-state index contributed by atoms with van der Waals surface area (Å²) in [7, 11) is -2.88. The molecule has 0 aromatic heterocycles. The van der Waals surface area contributed by atoms with E-state index in [1.54, 1.807) is 18.2 Å². The van der Waals surface area contributed by atoms with Crippen LogP contribution in [0.2, 0.25) is 5.02 Å². The first kappa shape index (κ1) is 15.1. The summed E-state index contributed by atoms with van der Waals surface area (Å²) in [6.45, 7) is 0.406. The highest BCUT2D eigenvalue weighted by atomic mass is 35.5. The number of hydrogen-bond acceptors (Lipinski definition) is 3. The van der Waals surface area contributed by atoms with Crippen molar-refractivity contribution in [1.82, 2.24) is 5.32 Å². The van der Waals surface area contributed by atoms with Crippen LogP contribution in [0.25, 0.3) is 6.08 Å². The lowest BCUT2D eigenvalue weighted by Gasteiger charge is -2.07. The largest absolute Gasteiger partial charge is 0.352 e. The summed E-state index contributed by atoms with van der Waals surface area (Å²) in [5.41, 5.74) is 0.882. The first-order valence-corrected chi connectivity index (χ1v) is 8.56. The van der Waals surface area contributed by atoms with E-state index >= 15 is 0 Å². The van der Waals surface area contributed by atoms with Gasteiger partial charge in [0.25, 0.3) is 0 Å². The van der Waals surface area contributed by atoms with Crippen molar-refractivity contribution < 1.29 is 13.2 Å². The van der Waals surface area contributed by atoms with Crippen LogP contribution in [0.15, 0.2) is 30.3 Å².